The standard InChI is InChI=1S/C19H18FN5O2S/c1-12-3-8-16(13(2)9-12)25-11-21-24-19(25)28-10-17(26)22-23-18(27)14-4-6-15(20)7-5-14/h3-9,11H,10H2,1-2H3,(H,22,26)(H,23,27). The van der Waals surface area contributed by atoms with Crippen LogP contribution in [0.4, 0.5) is 4.39 Å². The summed E-state index contributed by atoms with van der Waals surface area (Å²) in [5, 5.41) is 8.54. The number of rotatable bonds is 5. The number of nitrogens with one attached hydrogen (secondary N) is 2. The van der Waals surface area contributed by atoms with Crippen molar-refractivity contribution in [3.63, 3.8) is 0 Å². The quantitative estimate of drug-likeness (QED) is 0.509. The Labute approximate surface area is 165 Å². The van der Waals surface area contributed by atoms with Gasteiger partial charge in [0.2, 0.25) is 5.91 Å². The number of hydrogen-bond acceptors (Lipinski definition) is 5. The van der Waals surface area contributed by atoms with Crippen LogP contribution in [-0.2, 0) is 4.79 Å². The van der Waals surface area contributed by atoms with E-state index in [0.717, 1.165) is 16.8 Å². The summed E-state index contributed by atoms with van der Waals surface area (Å²) in [6.07, 6.45) is 1.59. The van der Waals surface area contributed by atoms with E-state index in [2.05, 4.69) is 27.1 Å². The Morgan fingerprint density at radius 3 is 2.57 bits per heavy atom. The van der Waals surface area contributed by atoms with E-state index in [1.165, 1.54) is 36.0 Å². The predicted octanol–water partition coefficient (Wildman–Crippen LogP) is 2.58. The molecule has 1 aromatic heterocycles. The average molecular weight is 399 g/mol. The van der Waals surface area contributed by atoms with Crippen LogP contribution >= 0.6 is 11.8 Å². The minimum Gasteiger partial charge on any atom is -0.276 e. The van der Waals surface area contributed by atoms with Gasteiger partial charge in [0, 0.05) is 5.56 Å². The molecule has 0 saturated heterocycles. The zero-order valence-electron chi connectivity index (χ0n) is 15.3. The number of hydrogen-bond donors (Lipinski definition) is 2. The average Bonchev–Trinajstić information content (AvgIpc) is 3.13. The van der Waals surface area contributed by atoms with Gasteiger partial charge in [0.05, 0.1) is 11.4 Å². The molecule has 0 radical (unpaired) electrons. The number of halogens is 1. The molecule has 0 aliphatic heterocycles. The van der Waals surface area contributed by atoms with E-state index in [0.29, 0.717) is 5.16 Å². The van der Waals surface area contributed by atoms with Gasteiger partial charge in [0.25, 0.3) is 5.91 Å². The highest BCUT2D eigenvalue weighted by Gasteiger charge is 2.13. The summed E-state index contributed by atoms with van der Waals surface area (Å²) in [6.45, 7) is 4.01. The van der Waals surface area contributed by atoms with Gasteiger partial charge in [-0.15, -0.1) is 10.2 Å². The van der Waals surface area contributed by atoms with Crippen LogP contribution < -0.4 is 10.9 Å². The first-order valence-electron chi connectivity index (χ1n) is 8.39. The molecule has 2 N–H and O–H groups in total. The van der Waals surface area contributed by atoms with Crippen LogP contribution in [0.25, 0.3) is 5.69 Å². The second-order valence-corrected chi connectivity index (χ2v) is 7.01. The van der Waals surface area contributed by atoms with Crippen molar-refractivity contribution < 1.29 is 14.0 Å². The summed E-state index contributed by atoms with van der Waals surface area (Å²) in [4.78, 5) is 23.9. The number of carbonyl (C=O) groups excluding carboxylic acids is 2. The van der Waals surface area contributed by atoms with Gasteiger partial charge in [-0.2, -0.15) is 0 Å². The first-order valence-corrected chi connectivity index (χ1v) is 9.38. The largest absolute Gasteiger partial charge is 0.276 e. The van der Waals surface area contributed by atoms with Gasteiger partial charge in [-0.3, -0.25) is 25.0 Å². The van der Waals surface area contributed by atoms with Crippen LogP contribution in [0.3, 0.4) is 0 Å². The third-order valence-electron chi connectivity index (χ3n) is 3.88. The summed E-state index contributed by atoms with van der Waals surface area (Å²) < 4.78 is 14.7. The third-order valence-corrected chi connectivity index (χ3v) is 4.83. The highest BCUT2D eigenvalue weighted by Crippen LogP contribution is 2.22. The number of benzene rings is 2. The molecule has 0 fully saturated rings. The van der Waals surface area contributed by atoms with Crippen molar-refractivity contribution in [2.75, 3.05) is 5.75 Å². The van der Waals surface area contributed by atoms with Gasteiger partial charge in [-0.05, 0) is 49.7 Å². The lowest BCUT2D eigenvalue weighted by atomic mass is 10.1. The Kier molecular flexibility index (Phi) is 6.05. The third kappa shape index (κ3) is 4.74. The molecule has 144 valence electrons. The molecule has 3 aromatic rings. The molecule has 7 nitrogen and oxygen atoms in total. The lowest BCUT2D eigenvalue weighted by molar-refractivity contribution is -0.119. The van der Waals surface area contributed by atoms with Crippen molar-refractivity contribution in [1.82, 2.24) is 25.6 Å². The summed E-state index contributed by atoms with van der Waals surface area (Å²) in [5.74, 6) is -1.34. The van der Waals surface area contributed by atoms with E-state index in [-0.39, 0.29) is 11.3 Å². The van der Waals surface area contributed by atoms with Crippen molar-refractivity contribution in [2.24, 2.45) is 0 Å². The summed E-state index contributed by atoms with van der Waals surface area (Å²) >= 11 is 1.20. The number of carbonyl (C=O) groups is 2. The maximum absolute atomic E-state index is 12.9. The van der Waals surface area contributed by atoms with E-state index >= 15 is 0 Å². The molecule has 0 saturated carbocycles. The van der Waals surface area contributed by atoms with E-state index in [9.17, 15) is 14.0 Å². The first kappa shape index (κ1) is 19.6. The van der Waals surface area contributed by atoms with Gasteiger partial charge in [0.1, 0.15) is 12.1 Å². The molecule has 9 heteroatoms. The lowest BCUT2D eigenvalue weighted by Gasteiger charge is -2.10. The van der Waals surface area contributed by atoms with Crippen LogP contribution in [-0.4, -0.2) is 32.3 Å². The zero-order valence-corrected chi connectivity index (χ0v) is 16.1. The van der Waals surface area contributed by atoms with Crippen LogP contribution in [0.1, 0.15) is 21.5 Å². The van der Waals surface area contributed by atoms with Crippen molar-refractivity contribution in [3.05, 3.63) is 71.3 Å². The Morgan fingerprint density at radius 2 is 1.86 bits per heavy atom. The molecule has 0 unspecified atom stereocenters. The Morgan fingerprint density at radius 1 is 1.11 bits per heavy atom. The molecule has 28 heavy (non-hydrogen) atoms. The fourth-order valence-corrected chi connectivity index (χ4v) is 3.25. The second-order valence-electron chi connectivity index (χ2n) is 6.07. The molecule has 0 bridgehead atoms. The maximum Gasteiger partial charge on any atom is 0.269 e. The number of aryl methyl sites for hydroxylation is 2. The predicted molar refractivity (Wildman–Crippen MR) is 104 cm³/mol. The van der Waals surface area contributed by atoms with E-state index in [1.807, 2.05) is 30.5 Å². The minimum absolute atomic E-state index is 0.0350. The van der Waals surface area contributed by atoms with Crippen molar-refractivity contribution in [3.8, 4) is 5.69 Å². The number of hydrazine groups is 1. The highest BCUT2D eigenvalue weighted by molar-refractivity contribution is 7.99. The number of nitrogens with zero attached hydrogens (tertiary/aromatic N) is 3. The van der Waals surface area contributed by atoms with Gasteiger partial charge < -0.3 is 0 Å². The van der Waals surface area contributed by atoms with Gasteiger partial charge in [0.15, 0.2) is 5.16 Å². The molecular formula is C19H18FN5O2S. The van der Waals surface area contributed by atoms with Crippen LogP contribution in [0.5, 0.6) is 0 Å². The van der Waals surface area contributed by atoms with Gasteiger partial charge in [-0.25, -0.2) is 4.39 Å². The molecule has 0 aliphatic rings. The first-order chi connectivity index (χ1) is 13.4. The fourth-order valence-electron chi connectivity index (χ4n) is 2.53. The molecule has 0 atom stereocenters. The fraction of sp³-hybridized carbons (Fsp3) is 0.158. The molecular weight excluding hydrogens is 381 g/mol. The van der Waals surface area contributed by atoms with Gasteiger partial charge in [-0.1, -0.05) is 29.5 Å². The highest BCUT2D eigenvalue weighted by atomic mass is 32.2. The molecule has 3 rings (SSSR count). The van der Waals surface area contributed by atoms with Crippen molar-refractivity contribution in [2.45, 2.75) is 19.0 Å². The molecule has 2 amide bonds. The van der Waals surface area contributed by atoms with Crippen molar-refractivity contribution in [1.29, 1.82) is 0 Å². The van der Waals surface area contributed by atoms with Crippen LogP contribution in [0.2, 0.25) is 0 Å². The number of thioether (sulfide) groups is 1. The smallest absolute Gasteiger partial charge is 0.269 e. The van der Waals surface area contributed by atoms with E-state index in [4.69, 9.17) is 0 Å². The minimum atomic E-state index is -0.531. The summed E-state index contributed by atoms with van der Waals surface area (Å²) in [6, 6.07) is 11.0. The molecule has 0 spiro atoms. The number of aromatic nitrogens is 3. The monoisotopic (exact) mass is 399 g/mol. The Balaban J connectivity index is 1.56. The van der Waals surface area contributed by atoms with Crippen molar-refractivity contribution >= 4 is 23.6 Å². The Hall–Kier alpha value is -3.20. The van der Waals surface area contributed by atoms with Gasteiger partial charge >= 0.3 is 0 Å². The van der Waals surface area contributed by atoms with Crippen LogP contribution in [0, 0.1) is 19.7 Å². The van der Waals surface area contributed by atoms with E-state index in [1.54, 1.807) is 6.33 Å². The maximum atomic E-state index is 12.9. The molecule has 1 heterocycles. The summed E-state index contributed by atoms with van der Waals surface area (Å²) in [7, 11) is 0. The number of amides is 2. The van der Waals surface area contributed by atoms with E-state index < -0.39 is 17.6 Å². The second kappa shape index (κ2) is 8.66. The SMILES string of the molecule is Cc1ccc(-n2cnnc2SCC(=O)NNC(=O)c2ccc(F)cc2)c(C)c1. The zero-order chi connectivity index (χ0) is 20.1. The molecule has 0 aliphatic carbocycles. The summed E-state index contributed by atoms with van der Waals surface area (Å²) in [5.41, 5.74) is 8.01. The Bertz CT molecular complexity index is 1000. The topological polar surface area (TPSA) is 88.9 Å². The molecule has 2 aromatic carbocycles. The normalized spacial score (nSPS) is 10.5. The lowest BCUT2D eigenvalue weighted by Crippen LogP contribution is -2.42. The van der Waals surface area contributed by atoms with Crippen LogP contribution in [0.15, 0.2) is 53.9 Å².